The smallest absolute Gasteiger partial charge is 0.314 e. The maximum atomic E-state index is 12.1. The number of carbonyl (C=O) groups excluding carboxylic acids is 2. The summed E-state index contributed by atoms with van der Waals surface area (Å²) in [5.41, 5.74) is 4.58. The van der Waals surface area contributed by atoms with Crippen molar-refractivity contribution < 1.29 is 14.7 Å². The number of phenols is 1. The van der Waals surface area contributed by atoms with Crippen molar-refractivity contribution in [1.29, 1.82) is 0 Å². The number of hydrogen-bond donors (Lipinski definition) is 3. The lowest BCUT2D eigenvalue weighted by atomic mass is 10.1. The molecule has 0 aliphatic heterocycles. The molecular weight excluding hydrogens is 292 g/mol. The van der Waals surface area contributed by atoms with Crippen molar-refractivity contribution in [3.63, 3.8) is 0 Å². The highest BCUT2D eigenvalue weighted by atomic mass is 16.3. The summed E-state index contributed by atoms with van der Waals surface area (Å²) in [5.74, 6) is -1.69. The number of carbonyl (C=O) groups is 2. The monoisotopic (exact) mass is 312 g/mol. The molecule has 120 valence electrons. The molecule has 2 aromatic rings. The van der Waals surface area contributed by atoms with E-state index >= 15 is 0 Å². The number of hydrogen-bond acceptors (Lipinski definition) is 3. The van der Waals surface area contributed by atoms with E-state index in [0.717, 1.165) is 22.3 Å². The molecule has 0 aliphatic carbocycles. The highest BCUT2D eigenvalue weighted by molar-refractivity contribution is 6.44. The SMILES string of the molecule is Cc1cc(C)c(NC(=O)C(=O)Nc2cc(C)ccc2O)c(C)c1. The van der Waals surface area contributed by atoms with Crippen LogP contribution in [-0.4, -0.2) is 16.9 Å². The molecule has 0 spiro atoms. The molecular formula is C18H20N2O3. The molecule has 0 bridgehead atoms. The number of anilines is 2. The Hall–Kier alpha value is -2.82. The van der Waals surface area contributed by atoms with Gasteiger partial charge in [0.2, 0.25) is 0 Å². The summed E-state index contributed by atoms with van der Waals surface area (Å²) >= 11 is 0. The lowest BCUT2D eigenvalue weighted by molar-refractivity contribution is -0.133. The van der Waals surface area contributed by atoms with Gasteiger partial charge in [0.15, 0.2) is 0 Å². The van der Waals surface area contributed by atoms with Crippen molar-refractivity contribution in [2.45, 2.75) is 27.7 Å². The zero-order chi connectivity index (χ0) is 17.1. The van der Waals surface area contributed by atoms with Gasteiger partial charge >= 0.3 is 11.8 Å². The van der Waals surface area contributed by atoms with Gasteiger partial charge < -0.3 is 15.7 Å². The molecule has 0 heterocycles. The summed E-state index contributed by atoms with van der Waals surface area (Å²) in [5, 5.41) is 14.8. The molecule has 0 atom stereocenters. The molecule has 0 saturated carbocycles. The zero-order valence-electron chi connectivity index (χ0n) is 13.7. The van der Waals surface area contributed by atoms with Crippen LogP contribution in [0.15, 0.2) is 30.3 Å². The first-order chi connectivity index (χ1) is 10.8. The van der Waals surface area contributed by atoms with E-state index in [1.807, 2.05) is 39.8 Å². The Labute approximate surface area is 135 Å². The average molecular weight is 312 g/mol. The predicted molar refractivity (Wildman–Crippen MR) is 90.8 cm³/mol. The third-order valence-electron chi connectivity index (χ3n) is 3.52. The topological polar surface area (TPSA) is 78.4 Å². The highest BCUT2D eigenvalue weighted by Gasteiger charge is 2.17. The molecule has 3 N–H and O–H groups in total. The summed E-state index contributed by atoms with van der Waals surface area (Å²) < 4.78 is 0. The fraction of sp³-hybridized carbons (Fsp3) is 0.222. The fourth-order valence-corrected chi connectivity index (χ4v) is 2.48. The Morgan fingerprint density at radius 2 is 1.39 bits per heavy atom. The molecule has 5 heteroatoms. The van der Waals surface area contributed by atoms with Gasteiger partial charge in [0, 0.05) is 5.69 Å². The number of rotatable bonds is 2. The van der Waals surface area contributed by atoms with Crippen molar-refractivity contribution in [1.82, 2.24) is 0 Å². The van der Waals surface area contributed by atoms with E-state index < -0.39 is 11.8 Å². The van der Waals surface area contributed by atoms with Gasteiger partial charge in [0.05, 0.1) is 5.69 Å². The van der Waals surface area contributed by atoms with Gasteiger partial charge in [0.1, 0.15) is 5.75 Å². The molecule has 0 saturated heterocycles. The van der Waals surface area contributed by atoms with Crippen LogP contribution in [0.25, 0.3) is 0 Å². The Bertz CT molecular complexity index is 759. The quantitative estimate of drug-likeness (QED) is 0.588. The Morgan fingerprint density at radius 3 is 2.00 bits per heavy atom. The molecule has 0 aromatic heterocycles. The van der Waals surface area contributed by atoms with E-state index in [-0.39, 0.29) is 11.4 Å². The molecule has 2 rings (SSSR count). The zero-order valence-corrected chi connectivity index (χ0v) is 13.7. The second-order valence-corrected chi connectivity index (χ2v) is 5.70. The lowest BCUT2D eigenvalue weighted by Crippen LogP contribution is -2.29. The molecule has 0 aliphatic rings. The Balaban J connectivity index is 2.15. The van der Waals surface area contributed by atoms with E-state index in [2.05, 4.69) is 10.6 Å². The van der Waals surface area contributed by atoms with Gasteiger partial charge in [-0.1, -0.05) is 23.8 Å². The second-order valence-electron chi connectivity index (χ2n) is 5.70. The maximum Gasteiger partial charge on any atom is 0.314 e. The summed E-state index contributed by atoms with van der Waals surface area (Å²) in [6, 6.07) is 8.66. The standard InChI is InChI=1S/C18H20N2O3/c1-10-5-6-15(21)14(9-10)19-17(22)18(23)20-16-12(3)7-11(2)8-13(16)4/h5-9,21H,1-4H3,(H,19,22)(H,20,23). The van der Waals surface area contributed by atoms with E-state index in [9.17, 15) is 14.7 Å². The predicted octanol–water partition coefficient (Wildman–Crippen LogP) is 3.20. The van der Waals surface area contributed by atoms with Crippen LogP contribution < -0.4 is 10.6 Å². The fourth-order valence-electron chi connectivity index (χ4n) is 2.48. The van der Waals surface area contributed by atoms with Crippen LogP contribution in [0, 0.1) is 27.7 Å². The van der Waals surface area contributed by atoms with E-state index in [4.69, 9.17) is 0 Å². The molecule has 0 radical (unpaired) electrons. The van der Waals surface area contributed by atoms with Crippen molar-refractivity contribution in [3.05, 3.63) is 52.6 Å². The van der Waals surface area contributed by atoms with E-state index in [0.29, 0.717) is 5.69 Å². The average Bonchev–Trinajstić information content (AvgIpc) is 2.46. The van der Waals surface area contributed by atoms with Crippen LogP contribution in [0.2, 0.25) is 0 Å². The van der Waals surface area contributed by atoms with Gasteiger partial charge in [-0.15, -0.1) is 0 Å². The minimum absolute atomic E-state index is 0.0838. The third-order valence-corrected chi connectivity index (χ3v) is 3.52. The second kappa shape index (κ2) is 6.52. The van der Waals surface area contributed by atoms with Crippen molar-refractivity contribution in [2.24, 2.45) is 0 Å². The number of phenolic OH excluding ortho intramolecular Hbond substituents is 1. The number of amides is 2. The van der Waals surface area contributed by atoms with Crippen LogP contribution in [0.3, 0.4) is 0 Å². The van der Waals surface area contributed by atoms with Crippen LogP contribution in [0.5, 0.6) is 5.75 Å². The first kappa shape index (κ1) is 16.5. The third kappa shape index (κ3) is 3.88. The van der Waals surface area contributed by atoms with Gasteiger partial charge in [-0.25, -0.2) is 0 Å². The highest BCUT2D eigenvalue weighted by Crippen LogP contribution is 2.24. The van der Waals surface area contributed by atoms with Crippen LogP contribution in [-0.2, 0) is 9.59 Å². The van der Waals surface area contributed by atoms with Crippen molar-refractivity contribution in [3.8, 4) is 5.75 Å². The number of aromatic hydroxyl groups is 1. The minimum Gasteiger partial charge on any atom is -0.506 e. The Kier molecular flexibility index (Phi) is 4.69. The van der Waals surface area contributed by atoms with Crippen molar-refractivity contribution in [2.75, 3.05) is 10.6 Å². The molecule has 2 amide bonds. The molecule has 2 aromatic carbocycles. The number of nitrogens with one attached hydrogen (secondary N) is 2. The molecule has 0 fully saturated rings. The van der Waals surface area contributed by atoms with E-state index in [1.165, 1.54) is 6.07 Å². The van der Waals surface area contributed by atoms with Gasteiger partial charge in [-0.3, -0.25) is 9.59 Å². The number of benzene rings is 2. The normalized spacial score (nSPS) is 10.3. The van der Waals surface area contributed by atoms with Crippen LogP contribution in [0.4, 0.5) is 11.4 Å². The largest absolute Gasteiger partial charge is 0.506 e. The molecule has 23 heavy (non-hydrogen) atoms. The maximum absolute atomic E-state index is 12.1. The summed E-state index contributed by atoms with van der Waals surface area (Å²) in [6.07, 6.45) is 0. The van der Waals surface area contributed by atoms with Crippen LogP contribution in [0.1, 0.15) is 22.3 Å². The first-order valence-corrected chi connectivity index (χ1v) is 7.27. The van der Waals surface area contributed by atoms with Crippen LogP contribution >= 0.6 is 0 Å². The van der Waals surface area contributed by atoms with Gasteiger partial charge in [0.25, 0.3) is 0 Å². The van der Waals surface area contributed by atoms with E-state index in [1.54, 1.807) is 12.1 Å². The Morgan fingerprint density at radius 1 is 0.826 bits per heavy atom. The molecule has 5 nitrogen and oxygen atoms in total. The molecule has 0 unspecified atom stereocenters. The first-order valence-electron chi connectivity index (χ1n) is 7.27. The van der Waals surface area contributed by atoms with Gasteiger partial charge in [-0.05, 0) is 56.5 Å². The summed E-state index contributed by atoms with van der Waals surface area (Å²) in [7, 11) is 0. The minimum atomic E-state index is -0.828. The summed E-state index contributed by atoms with van der Waals surface area (Å²) in [4.78, 5) is 24.1. The van der Waals surface area contributed by atoms with Crippen molar-refractivity contribution >= 4 is 23.2 Å². The number of aryl methyl sites for hydroxylation is 4. The summed E-state index contributed by atoms with van der Waals surface area (Å²) in [6.45, 7) is 7.55. The lowest BCUT2D eigenvalue weighted by Gasteiger charge is -2.13. The van der Waals surface area contributed by atoms with Gasteiger partial charge in [-0.2, -0.15) is 0 Å².